The Hall–Kier alpha value is -1.44. The highest BCUT2D eigenvalue weighted by atomic mass is 32.1. The fourth-order valence-corrected chi connectivity index (χ4v) is 2.27. The Bertz CT molecular complexity index is 538. The van der Waals surface area contributed by atoms with Crippen molar-refractivity contribution in [1.82, 2.24) is 5.23 Å². The van der Waals surface area contributed by atoms with Crippen LogP contribution in [0.15, 0.2) is 12.1 Å². The van der Waals surface area contributed by atoms with E-state index in [4.69, 9.17) is 14.4 Å². The van der Waals surface area contributed by atoms with Crippen LogP contribution in [-0.4, -0.2) is 34.9 Å². The molecule has 1 rings (SSSR count). The zero-order chi connectivity index (χ0) is 17.8. The third kappa shape index (κ3) is 6.68. The molecule has 130 valence electrons. The number of hydrogen-bond donors (Lipinski definition) is 0. The number of carbonyl (C=O) groups excluding carboxylic acids is 2. The average molecular weight is 343 g/mol. The molecular weight excluding hydrogens is 318 g/mol. The van der Waals surface area contributed by atoms with Crippen molar-refractivity contribution in [3.8, 4) is 0 Å². The predicted octanol–water partition coefficient (Wildman–Crippen LogP) is 3.83. The van der Waals surface area contributed by atoms with Crippen molar-refractivity contribution in [2.45, 2.75) is 59.7 Å². The summed E-state index contributed by atoms with van der Waals surface area (Å²) in [5.74, 6) is -0.910. The van der Waals surface area contributed by atoms with E-state index in [1.165, 1.54) is 0 Å². The van der Waals surface area contributed by atoms with Crippen molar-refractivity contribution < 1.29 is 24.0 Å². The lowest BCUT2D eigenvalue weighted by molar-refractivity contribution is -0.392. The molecule has 0 spiro atoms. The van der Waals surface area contributed by atoms with Gasteiger partial charge in [0.15, 0.2) is 0 Å². The van der Waals surface area contributed by atoms with Gasteiger partial charge in [0.05, 0.1) is 22.7 Å². The van der Waals surface area contributed by atoms with Gasteiger partial charge in [-0.15, -0.1) is 11.3 Å². The van der Waals surface area contributed by atoms with Crippen LogP contribution in [0.3, 0.4) is 0 Å². The van der Waals surface area contributed by atoms with Gasteiger partial charge in [-0.05, 0) is 60.6 Å². The molecule has 0 atom stereocenters. The number of nitrogens with zero attached hydrogens (tertiary/aromatic N) is 1. The quantitative estimate of drug-likeness (QED) is 0.600. The highest BCUT2D eigenvalue weighted by Crippen LogP contribution is 2.24. The van der Waals surface area contributed by atoms with E-state index < -0.39 is 23.1 Å². The van der Waals surface area contributed by atoms with E-state index >= 15 is 0 Å². The Morgan fingerprint density at radius 3 is 1.91 bits per heavy atom. The summed E-state index contributed by atoms with van der Waals surface area (Å²) in [4.78, 5) is 36.2. The number of hydroxylamine groups is 2. The number of esters is 1. The maximum atomic E-state index is 12.6. The Balaban J connectivity index is 2.98. The molecule has 0 aliphatic rings. The van der Waals surface area contributed by atoms with Gasteiger partial charge in [0, 0.05) is 0 Å². The maximum absolute atomic E-state index is 12.6. The molecule has 0 aliphatic carbocycles. The first-order valence-electron chi connectivity index (χ1n) is 7.42. The maximum Gasteiger partial charge on any atom is 0.348 e. The van der Waals surface area contributed by atoms with Gasteiger partial charge < -0.3 is 4.74 Å². The zero-order valence-electron chi connectivity index (χ0n) is 14.8. The SMILES string of the molecule is CCOC(=O)c1ccc(C(=O)N(OC(C)(C)C)OC(C)(C)C)s1. The number of carbonyl (C=O) groups is 2. The number of ether oxygens (including phenoxy) is 1. The summed E-state index contributed by atoms with van der Waals surface area (Å²) in [6, 6.07) is 3.12. The molecule has 1 aromatic rings. The number of thiophene rings is 1. The van der Waals surface area contributed by atoms with Crippen LogP contribution >= 0.6 is 11.3 Å². The Morgan fingerprint density at radius 2 is 1.48 bits per heavy atom. The molecule has 0 saturated carbocycles. The molecule has 0 fully saturated rings. The summed E-state index contributed by atoms with van der Waals surface area (Å²) < 4.78 is 4.93. The first-order chi connectivity index (χ1) is 10.4. The molecular formula is C16H25NO5S. The van der Waals surface area contributed by atoms with Gasteiger partial charge in [0.2, 0.25) is 0 Å². The van der Waals surface area contributed by atoms with Crippen molar-refractivity contribution in [2.75, 3.05) is 6.61 Å². The Labute approximate surface area is 141 Å². The van der Waals surface area contributed by atoms with Crippen LogP contribution in [-0.2, 0) is 14.4 Å². The lowest BCUT2D eigenvalue weighted by Crippen LogP contribution is -2.42. The van der Waals surface area contributed by atoms with Crippen LogP contribution in [0, 0.1) is 0 Å². The number of rotatable bonds is 5. The van der Waals surface area contributed by atoms with Gasteiger partial charge >= 0.3 is 11.9 Å². The summed E-state index contributed by atoms with van der Waals surface area (Å²) in [6.45, 7) is 12.9. The van der Waals surface area contributed by atoms with E-state index in [0.29, 0.717) is 9.75 Å². The third-order valence-corrected chi connectivity index (χ3v) is 3.23. The molecule has 1 amide bonds. The third-order valence-electron chi connectivity index (χ3n) is 2.17. The predicted molar refractivity (Wildman–Crippen MR) is 88.1 cm³/mol. The molecule has 0 saturated heterocycles. The van der Waals surface area contributed by atoms with Gasteiger partial charge in [-0.2, -0.15) is 0 Å². The number of hydrogen-bond acceptors (Lipinski definition) is 6. The minimum Gasteiger partial charge on any atom is -0.462 e. The minimum absolute atomic E-state index is 0.284. The van der Waals surface area contributed by atoms with E-state index in [9.17, 15) is 9.59 Å². The molecule has 0 aliphatic heterocycles. The normalized spacial score (nSPS) is 12.1. The van der Waals surface area contributed by atoms with Crippen molar-refractivity contribution >= 4 is 23.2 Å². The van der Waals surface area contributed by atoms with Gasteiger partial charge in [-0.1, -0.05) is 5.23 Å². The lowest BCUT2D eigenvalue weighted by atomic mass is 10.2. The van der Waals surface area contributed by atoms with Crippen LogP contribution in [0.4, 0.5) is 0 Å². The first kappa shape index (κ1) is 19.6. The van der Waals surface area contributed by atoms with Gasteiger partial charge in [0.1, 0.15) is 4.88 Å². The summed E-state index contributed by atoms with van der Waals surface area (Å²) in [5.41, 5.74) is -1.22. The molecule has 0 unspecified atom stereocenters. The molecule has 7 heteroatoms. The first-order valence-corrected chi connectivity index (χ1v) is 8.24. The van der Waals surface area contributed by atoms with Crippen LogP contribution in [0.1, 0.15) is 67.8 Å². The molecule has 1 heterocycles. The molecule has 23 heavy (non-hydrogen) atoms. The topological polar surface area (TPSA) is 65.1 Å². The highest BCUT2D eigenvalue weighted by Gasteiger charge is 2.30. The van der Waals surface area contributed by atoms with Crippen molar-refractivity contribution in [3.05, 3.63) is 21.9 Å². The van der Waals surface area contributed by atoms with Crippen LogP contribution in [0.5, 0.6) is 0 Å². The zero-order valence-corrected chi connectivity index (χ0v) is 15.6. The second-order valence-electron chi connectivity index (χ2n) is 6.85. The number of amides is 1. The Kier molecular flexibility index (Phi) is 6.33. The van der Waals surface area contributed by atoms with E-state index in [2.05, 4.69) is 0 Å². The van der Waals surface area contributed by atoms with Crippen molar-refractivity contribution in [1.29, 1.82) is 0 Å². The van der Waals surface area contributed by atoms with E-state index in [1.807, 2.05) is 41.5 Å². The van der Waals surface area contributed by atoms with Gasteiger partial charge in [-0.25, -0.2) is 14.5 Å². The molecule has 0 bridgehead atoms. The van der Waals surface area contributed by atoms with Gasteiger partial charge in [-0.3, -0.25) is 4.79 Å². The molecule has 0 radical (unpaired) electrons. The fraction of sp³-hybridized carbons (Fsp3) is 0.625. The average Bonchev–Trinajstić information content (AvgIpc) is 2.83. The molecule has 1 aromatic heterocycles. The van der Waals surface area contributed by atoms with E-state index in [0.717, 1.165) is 16.6 Å². The standard InChI is InChI=1S/C16H25NO5S/c1-8-20-14(19)12-10-9-11(23-12)13(18)17(21-15(2,3)4)22-16(5,6)7/h9-10H,8H2,1-7H3. The summed E-state index contributed by atoms with van der Waals surface area (Å²) >= 11 is 1.04. The van der Waals surface area contributed by atoms with Crippen molar-refractivity contribution in [2.24, 2.45) is 0 Å². The summed E-state index contributed by atoms with van der Waals surface area (Å²) in [6.07, 6.45) is 0. The van der Waals surface area contributed by atoms with Crippen LogP contribution in [0.25, 0.3) is 0 Å². The second-order valence-corrected chi connectivity index (χ2v) is 7.94. The summed E-state index contributed by atoms with van der Waals surface area (Å²) in [5, 5.41) is 0.890. The highest BCUT2D eigenvalue weighted by molar-refractivity contribution is 7.15. The molecule has 0 aromatic carbocycles. The largest absolute Gasteiger partial charge is 0.462 e. The van der Waals surface area contributed by atoms with Crippen LogP contribution in [0.2, 0.25) is 0 Å². The van der Waals surface area contributed by atoms with Crippen molar-refractivity contribution in [3.63, 3.8) is 0 Å². The minimum atomic E-state index is -0.609. The second kappa shape index (κ2) is 7.42. The molecule has 0 N–H and O–H groups in total. The summed E-state index contributed by atoms with van der Waals surface area (Å²) in [7, 11) is 0. The van der Waals surface area contributed by atoms with E-state index in [-0.39, 0.29) is 6.61 Å². The Morgan fingerprint density at radius 1 is 1.00 bits per heavy atom. The monoisotopic (exact) mass is 343 g/mol. The smallest absolute Gasteiger partial charge is 0.348 e. The van der Waals surface area contributed by atoms with E-state index in [1.54, 1.807) is 19.1 Å². The lowest BCUT2D eigenvalue weighted by Gasteiger charge is -2.32. The van der Waals surface area contributed by atoms with Crippen LogP contribution < -0.4 is 0 Å². The molecule has 6 nitrogen and oxygen atoms in total. The fourth-order valence-electron chi connectivity index (χ4n) is 1.45. The van der Waals surface area contributed by atoms with Gasteiger partial charge in [0.25, 0.3) is 0 Å².